The lowest BCUT2D eigenvalue weighted by atomic mass is 10.1. The molecule has 7 aliphatic rings. The van der Waals surface area contributed by atoms with Gasteiger partial charge in [0.05, 0.1) is 89.7 Å². The monoisotopic (exact) mass is 1590 g/mol. The number of aromatic nitrogens is 6. The Balaban J connectivity index is 0.000000144. The molecule has 0 saturated carbocycles. The molecule has 16 rings (SSSR count). The summed E-state index contributed by atoms with van der Waals surface area (Å²) in [5, 5.41) is 48.8. The summed E-state index contributed by atoms with van der Waals surface area (Å²) in [4.78, 5) is 50.9. The van der Waals surface area contributed by atoms with Gasteiger partial charge in [-0.2, -0.15) is 20.3 Å². The second-order valence-corrected chi connectivity index (χ2v) is 30.8. The van der Waals surface area contributed by atoms with Gasteiger partial charge in [0.25, 0.3) is 5.91 Å². The van der Waals surface area contributed by atoms with Crippen molar-refractivity contribution in [3.8, 4) is 86.9 Å². The van der Waals surface area contributed by atoms with E-state index >= 15 is 0 Å². The number of hydrogen-bond donors (Lipinski definition) is 5. The average Bonchev–Trinajstić information content (AvgIpc) is 0.819. The fourth-order valence-corrected chi connectivity index (χ4v) is 15.9. The molecule has 0 unspecified atom stereocenters. The van der Waals surface area contributed by atoms with Crippen LogP contribution in [0.15, 0.2) is 152 Å². The lowest BCUT2D eigenvalue weighted by Gasteiger charge is -2.43. The third-order valence-corrected chi connectivity index (χ3v) is 22.8. The van der Waals surface area contributed by atoms with Crippen molar-refractivity contribution in [2.24, 2.45) is 0 Å². The topological polar surface area (TPSA) is 342 Å². The number of aliphatic hydroxyl groups excluding tert-OH is 1. The number of anilines is 8. The Bertz CT molecular complexity index is 4900. The van der Waals surface area contributed by atoms with Crippen LogP contribution in [0.25, 0.3) is 34.2 Å². The predicted molar refractivity (Wildman–Crippen MR) is 442 cm³/mol. The second kappa shape index (κ2) is 39.1. The van der Waals surface area contributed by atoms with Gasteiger partial charge < -0.3 is 78.4 Å². The van der Waals surface area contributed by atoms with Crippen molar-refractivity contribution >= 4 is 63.0 Å². The maximum Gasteiger partial charge on any atom is 0.251 e. The van der Waals surface area contributed by atoms with Crippen LogP contribution in [-0.4, -0.2) is 235 Å². The zero-order chi connectivity index (χ0) is 80.3. The summed E-state index contributed by atoms with van der Waals surface area (Å²) in [6.45, 7) is 15.7. The molecule has 1 atom stereocenters. The standard InChI is InChI=1S/C32H37N7O4.C29H33N6O3S.C25H26N4O5/c1-22(40)32(41)39-12-9-28(10-13-39)43-29-7-2-23(18-24(29)19-33)31-34-11-8-30(36-31)35-25-3-5-26(6-4-25)37-14-16-38(17-15-37)27-20-42-21-27;30-18-22-17-21(1-6-27(22)38-26-8-15-39(36)16-9-26)29-31-10-7-28(33-29)32-23-2-4-24(5-3-23)34-11-13-35(14-12-34)25-19-37-20-25;1-30-21-13-18(14-22(31-2)24(21)32-3)28-23-6-9-27-25(29-23)16-4-5-20(17(12-16)15-26)34-19-7-10-33-11-8-19/h2-8,11,18,22,27-28,40H,9-10,12-17,20-21H2,1H3,(H,34,35,36);1-7,10,17,25-26,36H,8-9,11-16,19-20H2,(H,31,32,33);4-6,9,12-14,19H,7-8,10-11H2,1-3H3,(H,27,28,29)/q;+1;/t22-;;/m0../s1. The zero-order valence-corrected chi connectivity index (χ0v) is 66.3. The number of aliphatic hydroxyl groups is 1. The number of piperazine rings is 2. The van der Waals surface area contributed by atoms with E-state index < -0.39 is 17.3 Å². The average molecular weight is 1590 g/mol. The Kier molecular flexibility index (Phi) is 27.3. The van der Waals surface area contributed by atoms with Gasteiger partial charge >= 0.3 is 0 Å². The number of nitriles is 3. The number of nitrogens with one attached hydrogen (secondary N) is 3. The number of carbonyl (C=O) groups excluding carboxylic acids is 1. The van der Waals surface area contributed by atoms with E-state index in [1.54, 1.807) is 93.4 Å². The molecule has 9 aromatic rings. The largest absolute Gasteiger partial charge is 0.493 e. The Hall–Kier alpha value is -11.6. The van der Waals surface area contributed by atoms with Crippen molar-refractivity contribution in [1.29, 1.82) is 15.8 Å². The van der Waals surface area contributed by atoms with Crippen LogP contribution in [0, 0.1) is 34.0 Å². The predicted octanol–water partition coefficient (Wildman–Crippen LogP) is 11.3. The lowest BCUT2D eigenvalue weighted by molar-refractivity contribution is -0.141. The maximum atomic E-state index is 12.0. The van der Waals surface area contributed by atoms with E-state index in [4.69, 9.17) is 52.6 Å². The molecule has 0 radical (unpaired) electrons. The van der Waals surface area contributed by atoms with E-state index in [1.807, 2.05) is 36.4 Å². The normalized spacial score (nSPS) is 18.4. The molecule has 6 aromatic carbocycles. The molecular weight excluding hydrogens is 1500 g/mol. The summed E-state index contributed by atoms with van der Waals surface area (Å²) in [7, 11) is 4.68. The van der Waals surface area contributed by atoms with Gasteiger partial charge in [0.15, 0.2) is 29.0 Å². The number of nitrogens with zero attached hydrogens (tertiary/aromatic N) is 14. The van der Waals surface area contributed by atoms with Gasteiger partial charge in [-0.1, -0.05) is 0 Å². The number of piperidine rings is 1. The number of ether oxygens (including phenoxy) is 9. The smallest absolute Gasteiger partial charge is 0.251 e. The first-order valence-corrected chi connectivity index (χ1v) is 40.8. The molecule has 0 aliphatic carbocycles. The van der Waals surface area contributed by atoms with Crippen LogP contribution < -0.4 is 54.2 Å². The zero-order valence-electron chi connectivity index (χ0n) is 65.5. The Morgan fingerprint density at radius 1 is 0.466 bits per heavy atom. The number of hydrogen-bond acceptors (Lipinski definition) is 28. The van der Waals surface area contributed by atoms with E-state index in [0.717, 1.165) is 133 Å². The van der Waals surface area contributed by atoms with Gasteiger partial charge in [0.2, 0.25) is 5.75 Å². The van der Waals surface area contributed by atoms with Crippen molar-refractivity contribution in [1.82, 2.24) is 44.6 Å². The number of carbonyl (C=O) groups is 1. The number of benzene rings is 6. The van der Waals surface area contributed by atoms with Gasteiger partial charge in [0, 0.05) is 180 Å². The summed E-state index contributed by atoms with van der Waals surface area (Å²) in [5.74, 6) is 7.87. The number of methoxy groups -OCH3 is 3. The number of likely N-dealkylation sites (tertiary alicyclic amines) is 1. The van der Waals surface area contributed by atoms with E-state index in [-0.39, 0.29) is 24.2 Å². The highest BCUT2D eigenvalue weighted by Gasteiger charge is 2.33. The van der Waals surface area contributed by atoms with E-state index in [0.29, 0.717) is 154 Å². The minimum absolute atomic E-state index is 0.0288. The molecule has 7 saturated heterocycles. The first kappa shape index (κ1) is 81.0. The lowest BCUT2D eigenvalue weighted by Crippen LogP contribution is -2.56. The maximum absolute atomic E-state index is 12.0. The second-order valence-electron chi connectivity index (χ2n) is 29.0. The highest BCUT2D eigenvalue weighted by molar-refractivity contribution is 7.91. The Labute approximate surface area is 678 Å². The molecule has 1 amide bonds. The molecule has 116 heavy (non-hydrogen) atoms. The molecule has 30 heteroatoms. The SMILES string of the molecule is COc1cc(Nc2ccnc(-c3ccc(OC4CCOCC4)c(C#N)c3)n2)cc(OC)c1OC.C[C@H](O)C(=O)N1CCC(Oc2ccc(-c3nccc(Nc4ccc(N5CCN(C6COC6)CC5)cc4)n3)cc2C#N)CC1.N#Cc1cc(-c2nccc(Nc3ccc(N4CCN(C5COC5)CC4)cc3)n2)ccc1OC1CC[S+](O)CC1. The third kappa shape index (κ3) is 20.7. The van der Waals surface area contributed by atoms with Crippen LogP contribution in [0.3, 0.4) is 0 Å². The fraction of sp³-hybridized carbons (Fsp3) is 0.395. The van der Waals surface area contributed by atoms with Gasteiger partial charge in [0.1, 0.15) is 100 Å². The Morgan fingerprint density at radius 3 is 1.20 bits per heavy atom. The summed E-state index contributed by atoms with van der Waals surface area (Å²) >= 11 is -0.501. The van der Waals surface area contributed by atoms with Gasteiger partial charge in [-0.05, 0) is 128 Å². The van der Waals surface area contributed by atoms with Gasteiger partial charge in [-0.25, -0.2) is 29.9 Å². The quantitative estimate of drug-likeness (QED) is 0.0371. The van der Waals surface area contributed by atoms with Gasteiger partial charge in [-0.3, -0.25) is 14.6 Å². The van der Waals surface area contributed by atoms with E-state index in [9.17, 15) is 30.2 Å². The summed E-state index contributed by atoms with van der Waals surface area (Å²) in [5.41, 5.74) is 8.51. The van der Waals surface area contributed by atoms with Crippen LogP contribution in [0.1, 0.15) is 62.1 Å². The van der Waals surface area contributed by atoms with Crippen LogP contribution in [0.2, 0.25) is 0 Å². The van der Waals surface area contributed by atoms with Crippen LogP contribution in [-0.2, 0) is 30.2 Å². The summed E-state index contributed by atoms with van der Waals surface area (Å²) < 4.78 is 60.3. The summed E-state index contributed by atoms with van der Waals surface area (Å²) in [6, 6.07) is 50.0. The van der Waals surface area contributed by atoms with Crippen molar-refractivity contribution in [3.63, 3.8) is 0 Å². The molecule has 3 aromatic heterocycles. The van der Waals surface area contributed by atoms with Gasteiger partial charge in [-0.15, -0.1) is 0 Å². The van der Waals surface area contributed by atoms with E-state index in [2.05, 4.69) is 122 Å². The molecule has 602 valence electrons. The Morgan fingerprint density at radius 2 is 0.845 bits per heavy atom. The first-order chi connectivity index (χ1) is 56.7. The molecule has 7 aliphatic heterocycles. The molecule has 29 nitrogen and oxygen atoms in total. The van der Waals surface area contributed by atoms with Crippen LogP contribution >= 0.6 is 0 Å². The minimum atomic E-state index is -1.00. The van der Waals surface area contributed by atoms with Crippen molar-refractivity contribution in [2.75, 3.05) is 164 Å². The minimum Gasteiger partial charge on any atom is -0.493 e. The number of rotatable bonds is 23. The third-order valence-electron chi connectivity index (χ3n) is 21.4. The highest BCUT2D eigenvalue weighted by Crippen LogP contribution is 2.41. The molecular formula is C86H96N17O12S+. The summed E-state index contributed by atoms with van der Waals surface area (Å²) in [6.07, 6.45) is 8.53. The molecule has 5 N–H and O–H groups in total. The molecule has 0 spiro atoms. The molecule has 0 bridgehead atoms. The van der Waals surface area contributed by atoms with Crippen molar-refractivity contribution in [3.05, 3.63) is 169 Å². The van der Waals surface area contributed by atoms with Crippen molar-refractivity contribution in [2.45, 2.75) is 81.9 Å². The van der Waals surface area contributed by atoms with Crippen LogP contribution in [0.4, 0.5) is 45.9 Å². The first-order valence-electron chi connectivity index (χ1n) is 39.2. The van der Waals surface area contributed by atoms with Crippen molar-refractivity contribution < 1.29 is 57.1 Å². The van der Waals surface area contributed by atoms with E-state index in [1.165, 1.54) is 18.3 Å². The fourth-order valence-electron chi connectivity index (χ4n) is 14.6. The molecule has 10 heterocycles. The molecule has 7 fully saturated rings. The highest BCUT2D eigenvalue weighted by atomic mass is 32.2. The van der Waals surface area contributed by atoms with Crippen LogP contribution in [0.5, 0.6) is 34.5 Å². The number of amides is 1.